The van der Waals surface area contributed by atoms with Gasteiger partial charge in [-0.3, -0.25) is 0 Å². The molecule has 0 amide bonds. The Bertz CT molecular complexity index is 371. The van der Waals surface area contributed by atoms with Crippen molar-refractivity contribution in [2.45, 2.75) is 20.3 Å². The minimum absolute atomic E-state index is 0.343. The van der Waals surface area contributed by atoms with Crippen molar-refractivity contribution in [2.75, 3.05) is 12.3 Å². The Hall–Kier alpha value is -1.36. The summed E-state index contributed by atoms with van der Waals surface area (Å²) in [7, 11) is 0. The van der Waals surface area contributed by atoms with Crippen LogP contribution in [0.1, 0.15) is 26.0 Å². The van der Waals surface area contributed by atoms with Crippen LogP contribution in [0.2, 0.25) is 0 Å². The van der Waals surface area contributed by atoms with E-state index in [4.69, 9.17) is 10.5 Å². The number of rotatable bonds is 4. The predicted octanol–water partition coefficient (Wildman–Crippen LogP) is 2.08. The third-order valence-corrected chi connectivity index (χ3v) is 2.38. The van der Waals surface area contributed by atoms with Gasteiger partial charge in [-0.15, -0.1) is 11.3 Å². The number of esters is 1. The van der Waals surface area contributed by atoms with E-state index in [1.807, 2.05) is 6.92 Å². The van der Waals surface area contributed by atoms with Crippen molar-refractivity contribution in [1.82, 2.24) is 4.98 Å². The molecule has 0 radical (unpaired) electrons. The molecular weight excluding hydrogens is 212 g/mol. The van der Waals surface area contributed by atoms with Crippen LogP contribution in [0.3, 0.4) is 0 Å². The zero-order valence-corrected chi connectivity index (χ0v) is 9.63. The number of ether oxygens (including phenoxy) is 1. The highest BCUT2D eigenvalue weighted by Gasteiger charge is 2.15. The predicted molar refractivity (Wildman–Crippen MR) is 61.4 cm³/mol. The van der Waals surface area contributed by atoms with Gasteiger partial charge in [-0.2, -0.15) is 0 Å². The maximum Gasteiger partial charge on any atom is 0.340 e. The fraction of sp³-hybridized carbons (Fsp3) is 0.400. The molecule has 1 aromatic rings. The van der Waals surface area contributed by atoms with Crippen molar-refractivity contribution in [3.05, 3.63) is 17.2 Å². The Labute approximate surface area is 92.8 Å². The summed E-state index contributed by atoms with van der Waals surface area (Å²) >= 11 is 1.31. The second-order valence-corrected chi connectivity index (χ2v) is 3.71. The number of thiazole rings is 1. The van der Waals surface area contributed by atoms with Crippen LogP contribution in [0, 0.1) is 0 Å². The van der Waals surface area contributed by atoms with Crippen molar-refractivity contribution >= 4 is 28.0 Å². The lowest BCUT2D eigenvalue weighted by atomic mass is 10.2. The number of aromatic nitrogens is 1. The zero-order valence-electron chi connectivity index (χ0n) is 8.82. The molecule has 5 heteroatoms. The molecule has 2 N–H and O–H groups in total. The molecule has 0 atom stereocenters. The van der Waals surface area contributed by atoms with Gasteiger partial charge in [-0.05, 0) is 13.3 Å². The summed E-state index contributed by atoms with van der Waals surface area (Å²) in [6, 6.07) is 0. The van der Waals surface area contributed by atoms with E-state index in [9.17, 15) is 4.79 Å². The Morgan fingerprint density at radius 1 is 1.67 bits per heavy atom. The van der Waals surface area contributed by atoms with Crippen molar-refractivity contribution in [3.63, 3.8) is 0 Å². The first-order valence-electron chi connectivity index (χ1n) is 4.77. The first-order chi connectivity index (χ1) is 7.19. The number of nitrogens with two attached hydrogens (primary N) is 1. The van der Waals surface area contributed by atoms with Crippen LogP contribution in [0.25, 0.3) is 5.57 Å². The van der Waals surface area contributed by atoms with E-state index in [1.165, 1.54) is 11.3 Å². The lowest BCUT2D eigenvalue weighted by Gasteiger charge is -2.03. The molecule has 4 nitrogen and oxygen atoms in total. The van der Waals surface area contributed by atoms with Crippen LogP contribution >= 0.6 is 11.3 Å². The number of carbonyl (C=O) groups is 1. The third-order valence-electron chi connectivity index (χ3n) is 1.70. The zero-order chi connectivity index (χ0) is 11.3. The average molecular weight is 226 g/mol. The van der Waals surface area contributed by atoms with Crippen LogP contribution in [0.4, 0.5) is 5.13 Å². The number of anilines is 1. The third kappa shape index (κ3) is 3.06. The van der Waals surface area contributed by atoms with E-state index in [2.05, 4.69) is 4.98 Å². The monoisotopic (exact) mass is 226 g/mol. The molecule has 0 saturated heterocycles. The van der Waals surface area contributed by atoms with Gasteiger partial charge in [-0.1, -0.05) is 13.0 Å². The summed E-state index contributed by atoms with van der Waals surface area (Å²) < 4.78 is 4.94. The second-order valence-electron chi connectivity index (χ2n) is 2.82. The molecule has 0 aromatic carbocycles. The van der Waals surface area contributed by atoms with Crippen molar-refractivity contribution in [3.8, 4) is 0 Å². The number of nitrogens with zero attached hydrogens (tertiary/aromatic N) is 1. The summed E-state index contributed by atoms with van der Waals surface area (Å²) in [4.78, 5) is 15.6. The van der Waals surface area contributed by atoms with E-state index in [1.54, 1.807) is 18.4 Å². The smallest absolute Gasteiger partial charge is 0.340 e. The Kier molecular flexibility index (Phi) is 4.30. The standard InChI is InChI=1S/C10H14N2O2S/c1-3-5-7(9(13)14-4-2)8-6-15-10(11)12-8/h5-6H,3-4H2,1-2H3,(H2,11,12)/b7-5-. The van der Waals surface area contributed by atoms with Crippen molar-refractivity contribution < 1.29 is 9.53 Å². The molecule has 0 bridgehead atoms. The van der Waals surface area contributed by atoms with Crippen molar-refractivity contribution in [2.24, 2.45) is 0 Å². The summed E-state index contributed by atoms with van der Waals surface area (Å²) in [6.45, 7) is 4.09. The number of nitrogen functional groups attached to an aromatic ring is 1. The molecule has 0 unspecified atom stereocenters. The van der Waals surface area contributed by atoms with Gasteiger partial charge in [-0.25, -0.2) is 9.78 Å². The molecule has 1 aromatic heterocycles. The van der Waals surface area contributed by atoms with E-state index >= 15 is 0 Å². The van der Waals surface area contributed by atoms with Crippen LogP contribution < -0.4 is 5.73 Å². The topological polar surface area (TPSA) is 65.2 Å². The maximum atomic E-state index is 11.6. The van der Waals surface area contributed by atoms with Gasteiger partial charge in [0.1, 0.15) is 0 Å². The van der Waals surface area contributed by atoms with Crippen LogP contribution in [-0.4, -0.2) is 17.6 Å². The largest absolute Gasteiger partial charge is 0.462 e. The second kappa shape index (κ2) is 5.50. The number of hydrogen-bond acceptors (Lipinski definition) is 5. The number of allylic oxidation sites excluding steroid dienone is 1. The molecule has 0 fully saturated rings. The van der Waals surface area contributed by atoms with Gasteiger partial charge in [0.2, 0.25) is 0 Å². The highest BCUT2D eigenvalue weighted by molar-refractivity contribution is 7.13. The number of carbonyl (C=O) groups excluding carboxylic acids is 1. The SMILES string of the molecule is CC/C=C(\C(=O)OCC)c1csc(N)n1. The van der Waals surface area contributed by atoms with Gasteiger partial charge in [0.05, 0.1) is 17.9 Å². The van der Waals surface area contributed by atoms with E-state index in [0.717, 1.165) is 6.42 Å². The van der Waals surface area contributed by atoms with Gasteiger partial charge in [0.15, 0.2) is 5.13 Å². The first-order valence-corrected chi connectivity index (χ1v) is 5.65. The highest BCUT2D eigenvalue weighted by atomic mass is 32.1. The van der Waals surface area contributed by atoms with Crippen LogP contribution in [0.15, 0.2) is 11.5 Å². The van der Waals surface area contributed by atoms with Crippen molar-refractivity contribution in [1.29, 1.82) is 0 Å². The maximum absolute atomic E-state index is 11.6. The lowest BCUT2D eigenvalue weighted by Crippen LogP contribution is -2.07. The fourth-order valence-corrected chi connectivity index (χ4v) is 1.68. The quantitative estimate of drug-likeness (QED) is 0.630. The van der Waals surface area contributed by atoms with E-state index in [0.29, 0.717) is 23.0 Å². The summed E-state index contributed by atoms with van der Waals surface area (Å²) in [5.74, 6) is -0.343. The molecule has 15 heavy (non-hydrogen) atoms. The van der Waals surface area contributed by atoms with E-state index < -0.39 is 0 Å². The average Bonchev–Trinajstić information content (AvgIpc) is 2.61. The molecule has 0 spiro atoms. The summed E-state index contributed by atoms with van der Waals surface area (Å²) in [5, 5.41) is 2.21. The van der Waals surface area contributed by atoms with E-state index in [-0.39, 0.29) is 5.97 Å². The van der Waals surface area contributed by atoms with Gasteiger partial charge in [0.25, 0.3) is 0 Å². The van der Waals surface area contributed by atoms with Gasteiger partial charge in [0, 0.05) is 5.38 Å². The lowest BCUT2D eigenvalue weighted by molar-refractivity contribution is -0.136. The Morgan fingerprint density at radius 2 is 2.40 bits per heavy atom. The first kappa shape index (κ1) is 11.7. The van der Waals surface area contributed by atoms with Gasteiger partial charge >= 0.3 is 5.97 Å². The summed E-state index contributed by atoms with van der Waals surface area (Å²) in [6.07, 6.45) is 2.55. The molecule has 0 aliphatic rings. The fourth-order valence-electron chi connectivity index (χ4n) is 1.12. The Morgan fingerprint density at radius 3 is 2.87 bits per heavy atom. The highest BCUT2D eigenvalue weighted by Crippen LogP contribution is 2.20. The van der Waals surface area contributed by atoms with Gasteiger partial charge < -0.3 is 10.5 Å². The molecule has 0 aliphatic heterocycles. The Balaban J connectivity index is 2.93. The molecular formula is C10H14N2O2S. The summed E-state index contributed by atoms with van der Waals surface area (Å²) in [5.41, 5.74) is 6.60. The normalized spacial score (nSPS) is 11.5. The number of hydrogen-bond donors (Lipinski definition) is 1. The molecule has 1 rings (SSSR count). The molecule has 0 aliphatic carbocycles. The molecule has 0 saturated carbocycles. The molecule has 1 heterocycles. The van der Waals surface area contributed by atoms with Crippen LogP contribution in [0.5, 0.6) is 0 Å². The minimum atomic E-state index is -0.343. The van der Waals surface area contributed by atoms with Crippen LogP contribution in [-0.2, 0) is 9.53 Å². The molecule has 82 valence electrons. The minimum Gasteiger partial charge on any atom is -0.462 e.